The molecule has 2 aliphatic rings. The second-order valence-electron chi connectivity index (χ2n) is 14.5. The van der Waals surface area contributed by atoms with Crippen LogP contribution >= 0.6 is 0 Å². The fraction of sp³-hybridized carbons (Fsp3) is 0.579. The summed E-state index contributed by atoms with van der Waals surface area (Å²) in [6, 6.07) is 0.569. The van der Waals surface area contributed by atoms with Crippen molar-refractivity contribution >= 4 is 36.0 Å². The topological polar surface area (TPSA) is 127 Å². The lowest BCUT2D eigenvalue weighted by Crippen LogP contribution is -2.55. The number of aldehydes is 2. The molecule has 3 rings (SSSR count). The molecule has 0 bridgehead atoms. The number of benzene rings is 1. The molecule has 0 aliphatic carbocycles. The molecule has 0 aromatic heterocycles. The van der Waals surface area contributed by atoms with E-state index in [0.717, 1.165) is 24.7 Å². The first kappa shape index (κ1) is 43.3. The zero-order valence-corrected chi connectivity index (χ0v) is 30.4. The van der Waals surface area contributed by atoms with E-state index >= 15 is 0 Å². The first-order chi connectivity index (χ1) is 24.6. The number of ether oxygens (including phenoxy) is 1. The maximum absolute atomic E-state index is 15.0. The smallest absolute Gasteiger partial charge is 0.411 e. The highest BCUT2D eigenvalue weighted by molar-refractivity contribution is 6.21. The van der Waals surface area contributed by atoms with Crippen molar-refractivity contribution in [3.63, 3.8) is 0 Å². The highest BCUT2D eigenvalue weighted by Gasteiger charge is 2.73. The van der Waals surface area contributed by atoms with Gasteiger partial charge in [0.1, 0.15) is 29.9 Å². The van der Waals surface area contributed by atoms with Crippen molar-refractivity contribution in [2.75, 3.05) is 13.1 Å². The quantitative estimate of drug-likeness (QED) is 0.0736. The average molecular weight is 757 g/mol. The van der Waals surface area contributed by atoms with Gasteiger partial charge in [-0.3, -0.25) is 19.3 Å². The number of nitrogens with one attached hydrogen (secondary N) is 1. The molecule has 4 unspecified atom stereocenters. The highest BCUT2D eigenvalue weighted by atomic mass is 19.4. The highest BCUT2D eigenvalue weighted by Crippen LogP contribution is 2.57. The van der Waals surface area contributed by atoms with Crippen LogP contribution in [0.1, 0.15) is 95.5 Å². The van der Waals surface area contributed by atoms with Gasteiger partial charge in [0.05, 0.1) is 12.0 Å². The zero-order chi connectivity index (χ0) is 39.9. The van der Waals surface area contributed by atoms with Crippen LogP contribution in [-0.4, -0.2) is 84.0 Å². The number of halogens is 6. The van der Waals surface area contributed by atoms with Crippen molar-refractivity contribution in [1.82, 2.24) is 10.2 Å². The third kappa shape index (κ3) is 9.70. The summed E-state index contributed by atoms with van der Waals surface area (Å²) in [6.07, 6.45) is -8.50. The minimum atomic E-state index is -6.00. The Labute approximate surface area is 304 Å². The van der Waals surface area contributed by atoms with Gasteiger partial charge in [-0.2, -0.15) is 26.3 Å². The molecule has 2 aliphatic heterocycles. The van der Waals surface area contributed by atoms with Crippen molar-refractivity contribution in [2.24, 2.45) is 11.8 Å². The molecule has 1 N–H and O–H groups in total. The third-order valence-electron chi connectivity index (χ3n) is 9.54. The van der Waals surface area contributed by atoms with Crippen LogP contribution in [0.2, 0.25) is 0 Å². The maximum Gasteiger partial charge on any atom is 0.411 e. The number of hydrogen-bond donors (Lipinski definition) is 1. The minimum Gasteiger partial charge on any atom is -0.444 e. The summed E-state index contributed by atoms with van der Waals surface area (Å²) in [5.41, 5.74) is -8.77. The first-order valence-corrected chi connectivity index (χ1v) is 17.5. The molecule has 2 saturated heterocycles. The molecule has 9 nitrogen and oxygen atoms in total. The summed E-state index contributed by atoms with van der Waals surface area (Å²) in [4.78, 5) is 77.8. The van der Waals surface area contributed by atoms with E-state index in [0.29, 0.717) is 68.5 Å². The van der Waals surface area contributed by atoms with Crippen LogP contribution in [0.5, 0.6) is 0 Å². The number of nitrogens with zero attached hydrogens (tertiary/aromatic N) is 1. The standard InChI is InChI=1S/C38H46F6N2O7/c1-6-25(19-23(2)20-31(49)27(21-47)29-11-7-9-17-45-29)36(37(39,40)41,38(42,43)44)26-15-13-24(14-16-26)32(50)28(22-48)33(51)30-12-8-10-18-46(30)34(52)53-35(3,4)5/h6,13-16,19,21-22,27-30,45H,7-12,17-18,20H2,1-5H3/b23-19-,25-6+. The summed E-state index contributed by atoms with van der Waals surface area (Å²) >= 11 is 0. The van der Waals surface area contributed by atoms with Gasteiger partial charge in [0, 0.05) is 24.6 Å². The van der Waals surface area contributed by atoms with Gasteiger partial charge in [0.15, 0.2) is 11.6 Å². The average Bonchev–Trinajstić information content (AvgIpc) is 3.07. The van der Waals surface area contributed by atoms with Crippen molar-refractivity contribution in [3.8, 4) is 0 Å². The van der Waals surface area contributed by atoms with Crippen molar-refractivity contribution in [2.45, 2.75) is 115 Å². The van der Waals surface area contributed by atoms with Crippen molar-refractivity contribution < 1.29 is 59.8 Å². The molecule has 0 radical (unpaired) electrons. The number of likely N-dealkylation sites (tertiary alicyclic amines) is 1. The fourth-order valence-electron chi connectivity index (χ4n) is 6.98. The molecule has 1 aromatic rings. The number of rotatable bonds is 13. The van der Waals surface area contributed by atoms with E-state index in [1.54, 1.807) is 20.8 Å². The van der Waals surface area contributed by atoms with E-state index in [2.05, 4.69) is 5.32 Å². The number of amides is 1. The second kappa shape index (κ2) is 17.3. The number of carbonyl (C=O) groups is 6. The lowest BCUT2D eigenvalue weighted by Gasteiger charge is -2.39. The van der Waals surface area contributed by atoms with Crippen LogP contribution in [0.15, 0.2) is 47.6 Å². The molecule has 2 fully saturated rings. The Bertz CT molecular complexity index is 1570. The number of Topliss-reactive ketones (excluding diaryl/α,β-unsaturated/α-hetero) is 3. The molecule has 2 heterocycles. The zero-order valence-electron chi connectivity index (χ0n) is 30.4. The number of carbonyl (C=O) groups excluding carboxylic acids is 6. The summed E-state index contributed by atoms with van der Waals surface area (Å²) in [5, 5.41) is 3.06. The van der Waals surface area contributed by atoms with Crippen molar-refractivity contribution in [3.05, 3.63) is 58.7 Å². The number of alkyl halides is 6. The molecule has 15 heteroatoms. The number of allylic oxidation sites excluding steroid dienone is 4. The van der Waals surface area contributed by atoms with E-state index in [1.807, 2.05) is 0 Å². The molecular weight excluding hydrogens is 710 g/mol. The van der Waals surface area contributed by atoms with Crippen LogP contribution < -0.4 is 5.32 Å². The van der Waals surface area contributed by atoms with Gasteiger partial charge < -0.3 is 19.6 Å². The number of ketones is 3. The molecular formula is C38H46F6N2O7. The van der Waals surface area contributed by atoms with E-state index in [9.17, 15) is 55.1 Å². The molecule has 0 spiro atoms. The lowest BCUT2D eigenvalue weighted by molar-refractivity contribution is -0.289. The Kier molecular flexibility index (Phi) is 14.2. The Balaban J connectivity index is 1.99. The predicted octanol–water partition coefficient (Wildman–Crippen LogP) is 7.21. The van der Waals surface area contributed by atoms with E-state index in [-0.39, 0.29) is 24.8 Å². The van der Waals surface area contributed by atoms with Crippen molar-refractivity contribution in [1.29, 1.82) is 0 Å². The van der Waals surface area contributed by atoms with Gasteiger partial charge in [-0.25, -0.2) is 4.79 Å². The summed E-state index contributed by atoms with van der Waals surface area (Å²) in [6.45, 7) is 7.67. The Hall–Kier alpha value is -4.14. The largest absolute Gasteiger partial charge is 0.444 e. The Morgan fingerprint density at radius 2 is 1.51 bits per heavy atom. The monoisotopic (exact) mass is 756 g/mol. The lowest BCUT2D eigenvalue weighted by atomic mass is 9.71. The van der Waals surface area contributed by atoms with Crippen LogP contribution in [-0.2, 0) is 29.3 Å². The SMILES string of the molecule is C/C=C(\C=C(\C)CC(=O)C(C=O)C1CCCCN1)C(c1ccc(C(=O)C(C=O)C(=O)C2CCCCN2C(=O)OC(C)(C)C)cc1)(C(F)(F)F)C(F)(F)F. The van der Waals surface area contributed by atoms with Gasteiger partial charge in [0.25, 0.3) is 0 Å². The number of piperidine rings is 2. The summed E-state index contributed by atoms with van der Waals surface area (Å²) < 4.78 is 95.2. The van der Waals surface area contributed by atoms with Gasteiger partial charge >= 0.3 is 18.4 Å². The third-order valence-corrected chi connectivity index (χ3v) is 9.54. The molecule has 0 saturated carbocycles. The summed E-state index contributed by atoms with van der Waals surface area (Å²) in [5.74, 6) is -5.92. The minimum absolute atomic E-state index is 0.0302. The molecule has 53 heavy (non-hydrogen) atoms. The predicted molar refractivity (Wildman–Crippen MR) is 182 cm³/mol. The van der Waals surface area contributed by atoms with Gasteiger partial charge in [-0.1, -0.05) is 48.4 Å². The van der Waals surface area contributed by atoms with Gasteiger partial charge in [-0.15, -0.1) is 0 Å². The van der Waals surface area contributed by atoms with Crippen LogP contribution in [0.4, 0.5) is 31.1 Å². The first-order valence-electron chi connectivity index (χ1n) is 17.5. The van der Waals surface area contributed by atoms with Crippen LogP contribution in [0.3, 0.4) is 0 Å². The normalized spacial score (nSPS) is 20.6. The molecule has 292 valence electrons. The Morgan fingerprint density at radius 3 is 2.00 bits per heavy atom. The van der Waals surface area contributed by atoms with E-state index in [4.69, 9.17) is 4.74 Å². The van der Waals surface area contributed by atoms with Gasteiger partial charge in [0.2, 0.25) is 5.41 Å². The Morgan fingerprint density at radius 1 is 0.906 bits per heavy atom. The molecule has 1 aromatic carbocycles. The van der Waals surface area contributed by atoms with Gasteiger partial charge in [-0.05, 0) is 84.4 Å². The van der Waals surface area contributed by atoms with Crippen LogP contribution in [0, 0.1) is 11.8 Å². The maximum atomic E-state index is 15.0. The fourth-order valence-corrected chi connectivity index (χ4v) is 6.98. The molecule has 4 atom stereocenters. The number of hydrogen-bond acceptors (Lipinski definition) is 8. The second-order valence-corrected chi connectivity index (χ2v) is 14.5. The van der Waals surface area contributed by atoms with E-state index < -0.39 is 93.9 Å². The van der Waals surface area contributed by atoms with Crippen LogP contribution in [0.25, 0.3) is 0 Å². The summed E-state index contributed by atoms with van der Waals surface area (Å²) in [7, 11) is 0. The van der Waals surface area contributed by atoms with E-state index in [1.165, 1.54) is 6.92 Å². The molecule has 1 amide bonds.